The van der Waals surface area contributed by atoms with Gasteiger partial charge in [-0.05, 0) is 25.3 Å². The number of carboxylic acid groups (broad SMARTS) is 1. The van der Waals surface area contributed by atoms with E-state index < -0.39 is 12.0 Å². The summed E-state index contributed by atoms with van der Waals surface area (Å²) in [6, 6.07) is -0.798. The predicted octanol–water partition coefficient (Wildman–Crippen LogP) is 0.630. The smallest absolute Gasteiger partial charge is 0.326 e. The number of carbonyl (C=O) groups is 2. The van der Waals surface area contributed by atoms with Crippen molar-refractivity contribution in [3.8, 4) is 0 Å². The van der Waals surface area contributed by atoms with E-state index in [9.17, 15) is 9.59 Å². The molecule has 0 radical (unpaired) electrons. The molecular weight excluding hydrogens is 222 g/mol. The Bertz CT molecular complexity index is 400. The molecule has 1 aromatic heterocycles. The van der Waals surface area contributed by atoms with Crippen LogP contribution in [0.5, 0.6) is 0 Å². The molecule has 0 saturated carbocycles. The number of nitrogens with one attached hydrogen (secondary N) is 2. The number of aryl methyl sites for hydroxylation is 2. The molecule has 94 valence electrons. The largest absolute Gasteiger partial charge is 0.480 e. The first-order valence-corrected chi connectivity index (χ1v) is 5.55. The minimum absolute atomic E-state index is 0.250. The van der Waals surface area contributed by atoms with E-state index in [0.717, 1.165) is 11.3 Å². The average Bonchev–Trinajstić information content (AvgIpc) is 2.68. The number of carboxylic acids is 1. The Morgan fingerprint density at radius 2 is 2.29 bits per heavy atom. The molecule has 0 spiro atoms. The lowest BCUT2D eigenvalue weighted by molar-refractivity contribution is -0.141. The van der Waals surface area contributed by atoms with Crippen molar-refractivity contribution in [3.63, 3.8) is 0 Å². The third-order valence-electron chi connectivity index (χ3n) is 2.60. The summed E-state index contributed by atoms with van der Waals surface area (Å²) in [7, 11) is 0. The summed E-state index contributed by atoms with van der Waals surface area (Å²) in [6.07, 6.45) is 2.89. The van der Waals surface area contributed by atoms with Gasteiger partial charge in [-0.1, -0.05) is 6.92 Å². The minimum Gasteiger partial charge on any atom is -0.480 e. The van der Waals surface area contributed by atoms with Crippen LogP contribution >= 0.6 is 0 Å². The molecule has 0 saturated heterocycles. The van der Waals surface area contributed by atoms with Gasteiger partial charge in [0, 0.05) is 12.1 Å². The van der Waals surface area contributed by atoms with Gasteiger partial charge in [0.25, 0.3) is 0 Å². The molecule has 1 amide bonds. The van der Waals surface area contributed by atoms with Crippen LogP contribution in [0.1, 0.15) is 31.0 Å². The van der Waals surface area contributed by atoms with Gasteiger partial charge in [-0.3, -0.25) is 9.89 Å². The molecule has 0 aromatic carbocycles. The number of carbonyl (C=O) groups excluding carboxylic acids is 1. The van der Waals surface area contributed by atoms with Gasteiger partial charge in [-0.25, -0.2) is 4.79 Å². The minimum atomic E-state index is -1.000. The van der Waals surface area contributed by atoms with Crippen molar-refractivity contribution in [2.24, 2.45) is 0 Å². The van der Waals surface area contributed by atoms with Crippen LogP contribution in [0.4, 0.5) is 0 Å². The van der Waals surface area contributed by atoms with Gasteiger partial charge in [-0.2, -0.15) is 5.10 Å². The molecule has 3 N–H and O–H groups in total. The summed E-state index contributed by atoms with van der Waals surface area (Å²) in [5, 5.41) is 17.9. The highest BCUT2D eigenvalue weighted by Crippen LogP contribution is 2.05. The van der Waals surface area contributed by atoms with E-state index in [1.807, 2.05) is 6.92 Å². The number of nitrogens with zero attached hydrogens (tertiary/aromatic N) is 1. The van der Waals surface area contributed by atoms with Gasteiger partial charge in [0.15, 0.2) is 0 Å². The molecule has 17 heavy (non-hydrogen) atoms. The van der Waals surface area contributed by atoms with Crippen molar-refractivity contribution >= 4 is 11.9 Å². The molecule has 1 rings (SSSR count). The Kier molecular flexibility index (Phi) is 4.68. The highest BCUT2D eigenvalue weighted by molar-refractivity contribution is 5.83. The maximum atomic E-state index is 11.5. The summed E-state index contributed by atoms with van der Waals surface area (Å²) in [5.74, 6) is -1.25. The molecule has 0 fully saturated rings. The molecule has 0 bridgehead atoms. The quantitative estimate of drug-likeness (QED) is 0.678. The third kappa shape index (κ3) is 3.90. The number of hydrogen-bond acceptors (Lipinski definition) is 3. The van der Waals surface area contributed by atoms with E-state index in [-0.39, 0.29) is 12.3 Å². The first-order chi connectivity index (χ1) is 8.04. The number of H-pyrrole nitrogens is 1. The number of aliphatic carboxylic acids is 1. The maximum absolute atomic E-state index is 11.5. The van der Waals surface area contributed by atoms with Crippen LogP contribution in [0.25, 0.3) is 0 Å². The number of amides is 1. The highest BCUT2D eigenvalue weighted by atomic mass is 16.4. The van der Waals surface area contributed by atoms with E-state index >= 15 is 0 Å². The molecule has 1 unspecified atom stereocenters. The van der Waals surface area contributed by atoms with Gasteiger partial charge in [0.05, 0.1) is 6.20 Å². The van der Waals surface area contributed by atoms with Gasteiger partial charge < -0.3 is 10.4 Å². The van der Waals surface area contributed by atoms with Crippen LogP contribution in [0.15, 0.2) is 6.20 Å². The van der Waals surface area contributed by atoms with Crippen molar-refractivity contribution in [3.05, 3.63) is 17.5 Å². The number of aromatic amines is 1. The second-order valence-corrected chi connectivity index (χ2v) is 3.89. The molecule has 0 aliphatic heterocycles. The average molecular weight is 239 g/mol. The first kappa shape index (κ1) is 13.2. The van der Waals surface area contributed by atoms with Crippen molar-refractivity contribution in [2.45, 2.75) is 39.2 Å². The lowest BCUT2D eigenvalue weighted by atomic mass is 10.1. The molecule has 1 aromatic rings. The van der Waals surface area contributed by atoms with Crippen LogP contribution in [0, 0.1) is 6.92 Å². The topological polar surface area (TPSA) is 95.1 Å². The number of hydrogen-bond donors (Lipinski definition) is 3. The summed E-state index contributed by atoms with van der Waals surface area (Å²) in [6.45, 7) is 3.60. The lowest BCUT2D eigenvalue weighted by Crippen LogP contribution is -2.40. The van der Waals surface area contributed by atoms with E-state index in [1.54, 1.807) is 13.1 Å². The molecule has 6 nitrogen and oxygen atoms in total. The van der Waals surface area contributed by atoms with Crippen LogP contribution in [0.2, 0.25) is 0 Å². The molecule has 0 aliphatic carbocycles. The fourth-order valence-electron chi connectivity index (χ4n) is 1.48. The summed E-state index contributed by atoms with van der Waals surface area (Å²) in [4.78, 5) is 22.2. The predicted molar refractivity (Wildman–Crippen MR) is 61.5 cm³/mol. The van der Waals surface area contributed by atoms with Crippen LogP contribution in [-0.4, -0.2) is 33.2 Å². The van der Waals surface area contributed by atoms with Gasteiger partial charge in [0.1, 0.15) is 6.04 Å². The monoisotopic (exact) mass is 239 g/mol. The highest BCUT2D eigenvalue weighted by Gasteiger charge is 2.17. The zero-order valence-electron chi connectivity index (χ0n) is 9.99. The van der Waals surface area contributed by atoms with Gasteiger partial charge in [0.2, 0.25) is 5.91 Å². The third-order valence-corrected chi connectivity index (χ3v) is 2.60. The van der Waals surface area contributed by atoms with E-state index in [4.69, 9.17) is 5.11 Å². The Morgan fingerprint density at radius 3 is 2.76 bits per heavy atom. The maximum Gasteiger partial charge on any atom is 0.326 e. The summed E-state index contributed by atoms with van der Waals surface area (Å²) >= 11 is 0. The first-order valence-electron chi connectivity index (χ1n) is 5.55. The molecule has 1 atom stereocenters. The van der Waals surface area contributed by atoms with Crippen LogP contribution in [0.3, 0.4) is 0 Å². The van der Waals surface area contributed by atoms with Crippen molar-refractivity contribution in [1.29, 1.82) is 0 Å². The van der Waals surface area contributed by atoms with E-state index in [1.165, 1.54) is 0 Å². The fraction of sp³-hybridized carbons (Fsp3) is 0.545. The fourth-order valence-corrected chi connectivity index (χ4v) is 1.48. The SMILES string of the molecule is CCC(NC(=O)CCc1cn[nH]c1C)C(=O)O. The molecular formula is C11H17N3O3. The normalized spacial score (nSPS) is 12.1. The molecule has 6 heteroatoms. The number of aromatic nitrogens is 2. The van der Waals surface area contributed by atoms with Crippen molar-refractivity contribution < 1.29 is 14.7 Å². The lowest BCUT2D eigenvalue weighted by Gasteiger charge is -2.11. The zero-order valence-corrected chi connectivity index (χ0v) is 9.99. The Morgan fingerprint density at radius 1 is 1.59 bits per heavy atom. The summed E-state index contributed by atoms with van der Waals surface area (Å²) < 4.78 is 0. The van der Waals surface area contributed by atoms with Crippen LogP contribution < -0.4 is 5.32 Å². The molecule has 0 aliphatic rings. The van der Waals surface area contributed by atoms with E-state index in [2.05, 4.69) is 15.5 Å². The zero-order chi connectivity index (χ0) is 12.8. The van der Waals surface area contributed by atoms with E-state index in [0.29, 0.717) is 12.8 Å². The van der Waals surface area contributed by atoms with Crippen molar-refractivity contribution in [2.75, 3.05) is 0 Å². The molecule has 1 heterocycles. The number of rotatable bonds is 6. The Balaban J connectivity index is 2.40. The van der Waals surface area contributed by atoms with Gasteiger partial charge in [-0.15, -0.1) is 0 Å². The van der Waals surface area contributed by atoms with Gasteiger partial charge >= 0.3 is 5.97 Å². The second kappa shape index (κ2) is 6.03. The summed E-state index contributed by atoms with van der Waals surface area (Å²) in [5.41, 5.74) is 1.91. The standard InChI is InChI=1S/C11H17N3O3/c1-3-9(11(16)17)13-10(15)5-4-8-6-12-14-7(8)2/h6,9H,3-5H2,1-2H3,(H,12,14)(H,13,15)(H,16,17). The second-order valence-electron chi connectivity index (χ2n) is 3.89. The Hall–Kier alpha value is -1.85. The Labute approximate surface area is 99.4 Å². The van der Waals surface area contributed by atoms with Crippen LogP contribution in [-0.2, 0) is 16.0 Å². The van der Waals surface area contributed by atoms with Crippen molar-refractivity contribution in [1.82, 2.24) is 15.5 Å².